The number of aliphatic imine (C=N–C) groups is 1. The summed E-state index contributed by atoms with van der Waals surface area (Å²) in [6.07, 6.45) is 6.32. The molecule has 4 unspecified atom stereocenters. The van der Waals surface area contributed by atoms with E-state index in [1.54, 1.807) is 6.07 Å². The van der Waals surface area contributed by atoms with Gasteiger partial charge in [-0.2, -0.15) is 10.5 Å². The number of hydrogen-bond donors (Lipinski definition) is 2. The molecule has 2 bridgehead atoms. The lowest BCUT2D eigenvalue weighted by Crippen LogP contribution is -2.49. The van der Waals surface area contributed by atoms with Gasteiger partial charge in [-0.05, 0) is 88.6 Å². The van der Waals surface area contributed by atoms with Crippen LogP contribution in [0.5, 0.6) is 0 Å². The summed E-state index contributed by atoms with van der Waals surface area (Å²) in [6, 6.07) is 45.4. The Morgan fingerprint density at radius 3 is 1.82 bits per heavy atom. The van der Waals surface area contributed by atoms with Crippen LogP contribution in [0.15, 0.2) is 126 Å². The van der Waals surface area contributed by atoms with E-state index in [0.717, 1.165) is 33.7 Å². The van der Waals surface area contributed by atoms with Gasteiger partial charge in [-0.25, -0.2) is 4.99 Å². The van der Waals surface area contributed by atoms with Gasteiger partial charge in [0.05, 0.1) is 23.3 Å². The number of rotatable bonds is 6. The van der Waals surface area contributed by atoms with Gasteiger partial charge >= 0.3 is 0 Å². The molecule has 0 heterocycles. The predicted molar refractivity (Wildman–Crippen MR) is 197 cm³/mol. The van der Waals surface area contributed by atoms with Crippen LogP contribution in [0.25, 0.3) is 22.3 Å². The Bertz CT molecular complexity index is 2060. The largest absolute Gasteiger partial charge is 0.383 e. The molecular formula is C44H39N5. The molecule has 2 fully saturated rings. The lowest BCUT2D eigenvalue weighted by Gasteiger charge is -2.54. The molecule has 0 amide bonds. The van der Waals surface area contributed by atoms with Gasteiger partial charge in [-0.1, -0.05) is 123 Å². The van der Waals surface area contributed by atoms with Crippen molar-refractivity contribution >= 4 is 11.7 Å². The Kier molecular flexibility index (Phi) is 8.68. The third-order valence-corrected chi connectivity index (χ3v) is 10.9. The quantitative estimate of drug-likeness (QED) is 0.143. The van der Waals surface area contributed by atoms with E-state index in [2.05, 4.69) is 84.7 Å². The molecule has 0 saturated heterocycles. The van der Waals surface area contributed by atoms with E-state index < -0.39 is 0 Å². The molecule has 4 atom stereocenters. The first-order chi connectivity index (χ1) is 23.9. The zero-order valence-electron chi connectivity index (χ0n) is 27.7. The topological polar surface area (TPSA) is 110 Å². The maximum Gasteiger partial charge on any atom is 0.154 e. The fourth-order valence-electron chi connectivity index (χ4n) is 8.69. The molecule has 5 aromatic carbocycles. The first-order valence-corrected chi connectivity index (χ1v) is 17.1. The van der Waals surface area contributed by atoms with E-state index in [1.165, 1.54) is 43.2 Å². The van der Waals surface area contributed by atoms with Crippen molar-refractivity contribution in [2.24, 2.45) is 28.5 Å². The van der Waals surface area contributed by atoms with Crippen LogP contribution in [0, 0.1) is 45.8 Å². The second-order valence-electron chi connectivity index (χ2n) is 13.7. The number of fused-ring (bicyclic) bond motifs is 2. The molecule has 2 aliphatic rings. The average Bonchev–Trinajstić information content (AvgIpc) is 3.15. The maximum atomic E-state index is 9.53. The van der Waals surface area contributed by atoms with Crippen LogP contribution >= 0.6 is 0 Å². The summed E-state index contributed by atoms with van der Waals surface area (Å²) in [5.41, 5.74) is 15.4. The minimum Gasteiger partial charge on any atom is -0.383 e. The van der Waals surface area contributed by atoms with Crippen molar-refractivity contribution in [2.45, 2.75) is 44.4 Å². The molecule has 0 radical (unpaired) electrons. The summed E-state index contributed by atoms with van der Waals surface area (Å²) < 4.78 is 0. The van der Waals surface area contributed by atoms with Crippen molar-refractivity contribution in [3.05, 3.63) is 155 Å². The first kappa shape index (κ1) is 31.8. The van der Waals surface area contributed by atoms with E-state index >= 15 is 0 Å². The molecule has 3 N–H and O–H groups in total. The molecule has 5 nitrogen and oxygen atoms in total. The molecule has 2 saturated carbocycles. The monoisotopic (exact) mass is 637 g/mol. The number of nitrogens with two attached hydrogens (primary N) is 1. The van der Waals surface area contributed by atoms with Gasteiger partial charge in [-0.15, -0.1) is 0 Å². The number of hydrogen-bond acceptors (Lipinski definition) is 3. The third kappa shape index (κ3) is 6.05. The van der Waals surface area contributed by atoms with Crippen molar-refractivity contribution in [3.63, 3.8) is 0 Å². The fraction of sp³-hybridized carbons (Fsp3) is 0.227. The molecule has 5 aromatic rings. The highest BCUT2D eigenvalue weighted by Crippen LogP contribution is 2.58. The van der Waals surface area contributed by atoms with Crippen LogP contribution < -0.4 is 5.73 Å². The summed E-state index contributed by atoms with van der Waals surface area (Å²) in [4.78, 5) is 4.34. The van der Waals surface area contributed by atoms with Crippen LogP contribution in [0.1, 0.15) is 72.4 Å². The summed E-state index contributed by atoms with van der Waals surface area (Å²) in [7, 11) is 0. The average molecular weight is 638 g/mol. The van der Waals surface area contributed by atoms with Crippen LogP contribution in [-0.2, 0) is 5.41 Å². The Labute approximate surface area is 288 Å². The standard InChI is InChI=1S/C44H39N5/c1-29-22-30-6-5-9-41(26-30)44(29,40-20-16-35(17-21-40)38-24-31(27-45)23-32(25-38)28-46)39-18-14-34(15-19-39)33-10-12-37(13-11-33)43(48)49-42(47)36-7-3-2-4-8-36/h2-4,7-8,10-21,23-25,29-30,41H,5-6,9,22,26H2,1H3,(H3,47,48,49). The SMILES string of the molecule is CC1CC2CCCC(C2)C1(c1ccc(-c2ccc(C(=N)/N=C(\N)c3ccccc3)cc2)cc1)c1ccc(-c2cc(C#N)cc(C#N)c2)cc1. The smallest absolute Gasteiger partial charge is 0.154 e. The number of nitriles is 2. The van der Waals surface area contributed by atoms with Gasteiger partial charge in [0.15, 0.2) is 5.84 Å². The molecular weight excluding hydrogens is 599 g/mol. The molecule has 5 heteroatoms. The second kappa shape index (κ2) is 13.4. The lowest BCUT2D eigenvalue weighted by atomic mass is 9.49. The van der Waals surface area contributed by atoms with Gasteiger partial charge in [0, 0.05) is 16.5 Å². The van der Waals surface area contributed by atoms with Gasteiger partial charge in [0.2, 0.25) is 0 Å². The predicted octanol–water partition coefficient (Wildman–Crippen LogP) is 9.63. The Morgan fingerprint density at radius 2 is 1.24 bits per heavy atom. The van der Waals surface area contributed by atoms with Crippen molar-refractivity contribution in [1.82, 2.24) is 0 Å². The highest BCUT2D eigenvalue weighted by Gasteiger charge is 2.51. The fourth-order valence-corrected chi connectivity index (χ4v) is 8.69. The summed E-state index contributed by atoms with van der Waals surface area (Å²) in [5, 5.41) is 27.6. The number of benzene rings is 5. The number of nitrogens with zero attached hydrogens (tertiary/aromatic N) is 3. The van der Waals surface area contributed by atoms with Crippen molar-refractivity contribution < 1.29 is 0 Å². The number of amidine groups is 2. The molecule has 0 aromatic heterocycles. The van der Waals surface area contributed by atoms with Crippen LogP contribution in [0.3, 0.4) is 0 Å². The summed E-state index contributed by atoms with van der Waals surface area (Å²) in [5.74, 6) is 2.30. The molecule has 7 rings (SSSR count). The van der Waals surface area contributed by atoms with E-state index in [4.69, 9.17) is 11.1 Å². The minimum atomic E-state index is -0.101. The van der Waals surface area contributed by atoms with Gasteiger partial charge in [0.25, 0.3) is 0 Å². The Hall–Kier alpha value is -5.78. The first-order valence-electron chi connectivity index (χ1n) is 17.1. The normalized spacial score (nSPS) is 21.7. The van der Waals surface area contributed by atoms with E-state index in [1.807, 2.05) is 54.6 Å². The highest BCUT2D eigenvalue weighted by molar-refractivity contribution is 6.09. The van der Waals surface area contributed by atoms with Crippen molar-refractivity contribution in [2.75, 3.05) is 0 Å². The van der Waals surface area contributed by atoms with Crippen LogP contribution in [0.4, 0.5) is 0 Å². The van der Waals surface area contributed by atoms with Gasteiger partial charge in [0.1, 0.15) is 5.84 Å². The number of nitrogens with one attached hydrogen (secondary N) is 1. The summed E-state index contributed by atoms with van der Waals surface area (Å²) >= 11 is 0. The van der Waals surface area contributed by atoms with Crippen LogP contribution in [0.2, 0.25) is 0 Å². The Balaban J connectivity index is 1.20. The molecule has 2 aliphatic carbocycles. The zero-order valence-corrected chi connectivity index (χ0v) is 27.7. The van der Waals surface area contributed by atoms with Crippen LogP contribution in [-0.4, -0.2) is 11.7 Å². The zero-order chi connectivity index (χ0) is 34.0. The van der Waals surface area contributed by atoms with Gasteiger partial charge < -0.3 is 5.73 Å². The maximum absolute atomic E-state index is 9.53. The van der Waals surface area contributed by atoms with Crippen molar-refractivity contribution in [3.8, 4) is 34.4 Å². The minimum absolute atomic E-state index is 0.101. The van der Waals surface area contributed by atoms with E-state index in [-0.39, 0.29) is 11.3 Å². The lowest BCUT2D eigenvalue weighted by molar-refractivity contribution is 0.0642. The Morgan fingerprint density at radius 1 is 0.694 bits per heavy atom. The summed E-state index contributed by atoms with van der Waals surface area (Å²) in [6.45, 7) is 2.45. The highest BCUT2D eigenvalue weighted by atomic mass is 14.9. The molecule has 0 aliphatic heterocycles. The van der Waals surface area contributed by atoms with E-state index in [9.17, 15) is 10.5 Å². The molecule has 240 valence electrons. The second-order valence-corrected chi connectivity index (χ2v) is 13.7. The molecule has 49 heavy (non-hydrogen) atoms. The van der Waals surface area contributed by atoms with Crippen molar-refractivity contribution in [1.29, 1.82) is 15.9 Å². The third-order valence-electron chi connectivity index (χ3n) is 10.9. The molecule has 0 spiro atoms. The van der Waals surface area contributed by atoms with Gasteiger partial charge in [-0.3, -0.25) is 5.41 Å². The van der Waals surface area contributed by atoms with E-state index in [0.29, 0.717) is 34.4 Å².